The molecule has 1 atom stereocenters. The van der Waals surface area contributed by atoms with E-state index in [1.54, 1.807) is 13.8 Å². The molecule has 0 amide bonds. The number of nitriles is 1. The number of carbonyl (C=O) groups excluding carboxylic acids is 1. The molecule has 1 rings (SSSR count). The second-order valence-electron chi connectivity index (χ2n) is 4.84. The smallest absolute Gasteiger partial charge is 0.326 e. The number of carbonyl (C=O) groups is 1. The van der Waals surface area contributed by atoms with Crippen LogP contribution in [0.5, 0.6) is 0 Å². The summed E-state index contributed by atoms with van der Waals surface area (Å²) in [6, 6.07) is 8.15. The van der Waals surface area contributed by atoms with E-state index < -0.39 is 11.4 Å². The van der Waals surface area contributed by atoms with Gasteiger partial charge in [0.25, 0.3) is 0 Å². The first-order valence-corrected chi connectivity index (χ1v) is 6.07. The standard InChI is InChI=1S/C15H19NO2/c1-5-18-14(17)15(4,10-16)9-13-7-11(2)6-12(3)8-13/h6-8H,5,9H2,1-4H3. The summed E-state index contributed by atoms with van der Waals surface area (Å²) in [4.78, 5) is 11.8. The quantitative estimate of drug-likeness (QED) is 0.766. The number of hydrogen-bond donors (Lipinski definition) is 0. The van der Waals surface area contributed by atoms with E-state index in [2.05, 4.69) is 12.1 Å². The molecule has 1 aromatic carbocycles. The van der Waals surface area contributed by atoms with Crippen molar-refractivity contribution in [1.29, 1.82) is 5.26 Å². The van der Waals surface area contributed by atoms with Gasteiger partial charge in [-0.05, 0) is 33.3 Å². The van der Waals surface area contributed by atoms with Crippen LogP contribution >= 0.6 is 0 Å². The van der Waals surface area contributed by atoms with Crippen molar-refractivity contribution in [1.82, 2.24) is 0 Å². The van der Waals surface area contributed by atoms with Crippen LogP contribution in [-0.2, 0) is 16.0 Å². The van der Waals surface area contributed by atoms with Crippen molar-refractivity contribution in [3.8, 4) is 6.07 Å². The van der Waals surface area contributed by atoms with E-state index in [1.165, 1.54) is 0 Å². The van der Waals surface area contributed by atoms with Crippen LogP contribution < -0.4 is 0 Å². The molecule has 96 valence electrons. The van der Waals surface area contributed by atoms with Crippen LogP contribution in [0.3, 0.4) is 0 Å². The number of nitrogens with zero attached hydrogens (tertiary/aromatic N) is 1. The number of benzene rings is 1. The summed E-state index contributed by atoms with van der Waals surface area (Å²) < 4.78 is 4.97. The zero-order valence-corrected chi connectivity index (χ0v) is 11.4. The van der Waals surface area contributed by atoms with E-state index in [0.717, 1.165) is 16.7 Å². The van der Waals surface area contributed by atoms with Crippen molar-refractivity contribution in [2.75, 3.05) is 6.61 Å². The number of ether oxygens (including phenoxy) is 1. The minimum Gasteiger partial charge on any atom is -0.465 e. The molecule has 0 aliphatic carbocycles. The summed E-state index contributed by atoms with van der Waals surface area (Å²) in [6.45, 7) is 7.67. The summed E-state index contributed by atoms with van der Waals surface area (Å²) >= 11 is 0. The highest BCUT2D eigenvalue weighted by molar-refractivity contribution is 5.80. The molecule has 3 nitrogen and oxygen atoms in total. The molecule has 0 fully saturated rings. The maximum absolute atomic E-state index is 11.8. The van der Waals surface area contributed by atoms with Gasteiger partial charge in [0.1, 0.15) is 0 Å². The Balaban J connectivity index is 2.99. The molecule has 0 radical (unpaired) electrons. The molecule has 0 aliphatic rings. The largest absolute Gasteiger partial charge is 0.465 e. The van der Waals surface area contributed by atoms with Gasteiger partial charge < -0.3 is 4.74 Å². The van der Waals surface area contributed by atoms with Crippen LogP contribution in [0.2, 0.25) is 0 Å². The Kier molecular flexibility index (Phi) is 4.49. The average molecular weight is 245 g/mol. The molecule has 0 heterocycles. The number of hydrogen-bond acceptors (Lipinski definition) is 3. The molecule has 1 unspecified atom stereocenters. The van der Waals surface area contributed by atoms with Crippen molar-refractivity contribution >= 4 is 5.97 Å². The molecule has 0 saturated heterocycles. The molecule has 18 heavy (non-hydrogen) atoms. The molecule has 0 aliphatic heterocycles. The maximum atomic E-state index is 11.8. The van der Waals surface area contributed by atoms with Gasteiger partial charge in [0, 0.05) is 6.42 Å². The Morgan fingerprint density at radius 3 is 2.33 bits per heavy atom. The van der Waals surface area contributed by atoms with Crippen molar-refractivity contribution in [3.05, 3.63) is 34.9 Å². The number of aryl methyl sites for hydroxylation is 2. The van der Waals surface area contributed by atoms with Gasteiger partial charge in [-0.25, -0.2) is 0 Å². The van der Waals surface area contributed by atoms with Gasteiger partial charge in [0.2, 0.25) is 0 Å². The van der Waals surface area contributed by atoms with Gasteiger partial charge in [0.05, 0.1) is 12.7 Å². The lowest BCUT2D eigenvalue weighted by atomic mass is 9.84. The Labute approximate surface area is 108 Å². The van der Waals surface area contributed by atoms with Gasteiger partial charge in [-0.15, -0.1) is 0 Å². The van der Waals surface area contributed by atoms with E-state index in [9.17, 15) is 10.1 Å². The Hall–Kier alpha value is -1.82. The molecule has 0 N–H and O–H groups in total. The van der Waals surface area contributed by atoms with Gasteiger partial charge in [-0.2, -0.15) is 5.26 Å². The molecule has 0 aromatic heterocycles. The first-order chi connectivity index (χ1) is 8.41. The van der Waals surface area contributed by atoms with Crippen molar-refractivity contribution in [3.63, 3.8) is 0 Å². The molecule has 0 spiro atoms. The fraction of sp³-hybridized carbons (Fsp3) is 0.467. The third kappa shape index (κ3) is 3.33. The molecular weight excluding hydrogens is 226 g/mol. The third-order valence-corrected chi connectivity index (χ3v) is 2.81. The van der Waals surface area contributed by atoms with Gasteiger partial charge in [0.15, 0.2) is 5.41 Å². The second-order valence-corrected chi connectivity index (χ2v) is 4.84. The highest BCUT2D eigenvalue weighted by Gasteiger charge is 2.35. The Bertz CT molecular complexity index is 468. The second kappa shape index (κ2) is 5.68. The third-order valence-electron chi connectivity index (χ3n) is 2.81. The highest BCUT2D eigenvalue weighted by atomic mass is 16.5. The molecule has 0 bridgehead atoms. The summed E-state index contributed by atoms with van der Waals surface area (Å²) in [7, 11) is 0. The highest BCUT2D eigenvalue weighted by Crippen LogP contribution is 2.24. The lowest BCUT2D eigenvalue weighted by Crippen LogP contribution is -2.30. The zero-order chi connectivity index (χ0) is 13.8. The Morgan fingerprint density at radius 1 is 1.33 bits per heavy atom. The zero-order valence-electron chi connectivity index (χ0n) is 11.4. The fourth-order valence-electron chi connectivity index (χ4n) is 2.03. The van der Waals surface area contributed by atoms with E-state index in [-0.39, 0.29) is 0 Å². The molecule has 3 heteroatoms. The first-order valence-electron chi connectivity index (χ1n) is 6.07. The van der Waals surface area contributed by atoms with E-state index in [0.29, 0.717) is 13.0 Å². The summed E-state index contributed by atoms with van der Waals surface area (Å²) in [5, 5.41) is 9.23. The van der Waals surface area contributed by atoms with Crippen LogP contribution in [0.15, 0.2) is 18.2 Å². The lowest BCUT2D eigenvalue weighted by Gasteiger charge is -2.19. The minimum absolute atomic E-state index is 0.295. The van der Waals surface area contributed by atoms with E-state index in [4.69, 9.17) is 4.74 Å². The summed E-state index contributed by atoms with van der Waals surface area (Å²) in [5.74, 6) is -0.452. The number of rotatable bonds is 4. The Morgan fingerprint density at radius 2 is 1.89 bits per heavy atom. The minimum atomic E-state index is -1.11. The fourth-order valence-corrected chi connectivity index (χ4v) is 2.03. The number of esters is 1. The van der Waals surface area contributed by atoms with Crippen LogP contribution in [0.4, 0.5) is 0 Å². The van der Waals surface area contributed by atoms with E-state index in [1.807, 2.05) is 26.0 Å². The average Bonchev–Trinajstić information content (AvgIpc) is 2.27. The summed E-state index contributed by atoms with van der Waals surface area (Å²) in [5.41, 5.74) is 2.14. The molecule has 0 saturated carbocycles. The predicted molar refractivity (Wildman–Crippen MR) is 70.0 cm³/mol. The predicted octanol–water partition coefficient (Wildman–Crippen LogP) is 2.94. The van der Waals surface area contributed by atoms with Crippen molar-refractivity contribution in [2.24, 2.45) is 5.41 Å². The van der Waals surface area contributed by atoms with Gasteiger partial charge in [-0.3, -0.25) is 4.79 Å². The summed E-state index contributed by atoms with van der Waals surface area (Å²) in [6.07, 6.45) is 0.380. The lowest BCUT2D eigenvalue weighted by molar-refractivity contribution is -0.151. The van der Waals surface area contributed by atoms with Crippen molar-refractivity contribution in [2.45, 2.75) is 34.1 Å². The van der Waals surface area contributed by atoms with Crippen molar-refractivity contribution < 1.29 is 9.53 Å². The van der Waals surface area contributed by atoms with Crippen LogP contribution in [0.1, 0.15) is 30.5 Å². The van der Waals surface area contributed by atoms with Gasteiger partial charge >= 0.3 is 5.97 Å². The van der Waals surface area contributed by atoms with Crippen LogP contribution in [0.25, 0.3) is 0 Å². The van der Waals surface area contributed by atoms with Gasteiger partial charge in [-0.1, -0.05) is 29.3 Å². The molecular formula is C15H19NO2. The molecule has 1 aromatic rings. The maximum Gasteiger partial charge on any atom is 0.326 e. The monoisotopic (exact) mass is 245 g/mol. The first kappa shape index (κ1) is 14.2. The topological polar surface area (TPSA) is 50.1 Å². The van der Waals surface area contributed by atoms with Crippen LogP contribution in [-0.4, -0.2) is 12.6 Å². The van der Waals surface area contributed by atoms with Crippen LogP contribution in [0, 0.1) is 30.6 Å². The van der Waals surface area contributed by atoms with E-state index >= 15 is 0 Å². The SMILES string of the molecule is CCOC(=O)C(C)(C#N)Cc1cc(C)cc(C)c1. The normalized spacial score (nSPS) is 13.5.